The highest BCUT2D eigenvalue weighted by Crippen LogP contribution is 1.94. The standard InChI is InChI=1S/C9H22N2O2/c1-9(7-10)8-11(2)3-5-13-6-4-12/h9,12H,3-8,10H2,1-2H3. The van der Waals surface area contributed by atoms with E-state index in [-0.39, 0.29) is 6.61 Å². The van der Waals surface area contributed by atoms with Gasteiger partial charge in [-0.25, -0.2) is 0 Å². The van der Waals surface area contributed by atoms with E-state index >= 15 is 0 Å². The molecule has 4 nitrogen and oxygen atoms in total. The summed E-state index contributed by atoms with van der Waals surface area (Å²) in [6.45, 7) is 5.95. The largest absolute Gasteiger partial charge is 0.394 e. The van der Waals surface area contributed by atoms with Crippen LogP contribution in [0.4, 0.5) is 0 Å². The third kappa shape index (κ3) is 8.18. The zero-order chi connectivity index (χ0) is 10.1. The lowest BCUT2D eigenvalue weighted by atomic mass is 10.2. The molecule has 1 atom stereocenters. The maximum atomic E-state index is 8.46. The van der Waals surface area contributed by atoms with Gasteiger partial charge < -0.3 is 20.5 Å². The van der Waals surface area contributed by atoms with Crippen LogP contribution in [0.5, 0.6) is 0 Å². The summed E-state index contributed by atoms with van der Waals surface area (Å²) in [5, 5.41) is 8.46. The summed E-state index contributed by atoms with van der Waals surface area (Å²) >= 11 is 0. The molecule has 13 heavy (non-hydrogen) atoms. The van der Waals surface area contributed by atoms with Gasteiger partial charge in [-0.15, -0.1) is 0 Å². The van der Waals surface area contributed by atoms with Gasteiger partial charge in [0.05, 0.1) is 19.8 Å². The van der Waals surface area contributed by atoms with E-state index in [2.05, 4.69) is 18.9 Å². The predicted molar refractivity (Wildman–Crippen MR) is 53.6 cm³/mol. The van der Waals surface area contributed by atoms with Crippen molar-refractivity contribution in [3.8, 4) is 0 Å². The number of nitrogens with zero attached hydrogens (tertiary/aromatic N) is 1. The molecule has 0 aliphatic rings. The lowest BCUT2D eigenvalue weighted by Gasteiger charge is -2.19. The molecular formula is C9H22N2O2. The molecule has 0 rings (SSSR count). The second-order valence-electron chi connectivity index (χ2n) is 3.44. The first-order chi connectivity index (χ1) is 6.20. The van der Waals surface area contributed by atoms with E-state index in [4.69, 9.17) is 15.6 Å². The van der Waals surface area contributed by atoms with Crippen molar-refractivity contribution in [2.24, 2.45) is 11.7 Å². The van der Waals surface area contributed by atoms with Gasteiger partial charge in [0.2, 0.25) is 0 Å². The van der Waals surface area contributed by atoms with Gasteiger partial charge in [0.25, 0.3) is 0 Å². The molecule has 0 bridgehead atoms. The molecule has 0 aromatic rings. The Morgan fingerprint density at radius 2 is 2.15 bits per heavy atom. The Labute approximate surface area is 80.7 Å². The first-order valence-electron chi connectivity index (χ1n) is 4.78. The molecule has 1 unspecified atom stereocenters. The summed E-state index contributed by atoms with van der Waals surface area (Å²) in [7, 11) is 2.05. The number of nitrogens with two attached hydrogens (primary N) is 1. The van der Waals surface area contributed by atoms with E-state index in [1.165, 1.54) is 0 Å². The molecular weight excluding hydrogens is 168 g/mol. The number of aliphatic hydroxyl groups is 1. The number of ether oxygens (including phenoxy) is 1. The van der Waals surface area contributed by atoms with Crippen LogP contribution in [-0.4, -0.2) is 56.5 Å². The third-order valence-electron chi connectivity index (χ3n) is 1.88. The van der Waals surface area contributed by atoms with Crippen LogP contribution in [-0.2, 0) is 4.74 Å². The van der Waals surface area contributed by atoms with Crippen molar-refractivity contribution in [2.45, 2.75) is 6.92 Å². The second-order valence-corrected chi connectivity index (χ2v) is 3.44. The van der Waals surface area contributed by atoms with Crippen LogP contribution in [0.15, 0.2) is 0 Å². The molecule has 0 saturated heterocycles. The second kappa shape index (κ2) is 8.44. The Morgan fingerprint density at radius 3 is 2.69 bits per heavy atom. The van der Waals surface area contributed by atoms with Gasteiger partial charge in [0.15, 0.2) is 0 Å². The molecule has 4 heteroatoms. The van der Waals surface area contributed by atoms with Gasteiger partial charge in [0, 0.05) is 13.1 Å². The monoisotopic (exact) mass is 190 g/mol. The highest BCUT2D eigenvalue weighted by Gasteiger charge is 2.03. The summed E-state index contributed by atoms with van der Waals surface area (Å²) in [6.07, 6.45) is 0. The first kappa shape index (κ1) is 12.8. The van der Waals surface area contributed by atoms with Gasteiger partial charge in [-0.05, 0) is 19.5 Å². The van der Waals surface area contributed by atoms with Gasteiger partial charge in [-0.3, -0.25) is 0 Å². The molecule has 80 valence electrons. The lowest BCUT2D eigenvalue weighted by Crippen LogP contribution is -2.31. The van der Waals surface area contributed by atoms with Crippen LogP contribution in [0.25, 0.3) is 0 Å². The number of rotatable bonds is 8. The van der Waals surface area contributed by atoms with Crippen LogP contribution >= 0.6 is 0 Å². The minimum atomic E-state index is 0.100. The Kier molecular flexibility index (Phi) is 8.33. The molecule has 0 aromatic carbocycles. The first-order valence-corrected chi connectivity index (χ1v) is 4.78. The predicted octanol–water partition coefficient (Wildman–Crippen LogP) is -0.478. The maximum Gasteiger partial charge on any atom is 0.0698 e. The SMILES string of the molecule is CC(CN)CN(C)CCOCCO. The van der Waals surface area contributed by atoms with Gasteiger partial charge >= 0.3 is 0 Å². The van der Waals surface area contributed by atoms with E-state index in [0.717, 1.165) is 19.6 Å². The van der Waals surface area contributed by atoms with Crippen molar-refractivity contribution in [1.82, 2.24) is 4.90 Å². The molecule has 3 N–H and O–H groups in total. The molecule has 0 amide bonds. The fourth-order valence-corrected chi connectivity index (χ4v) is 1.08. The maximum absolute atomic E-state index is 8.46. The molecule has 0 heterocycles. The summed E-state index contributed by atoms with van der Waals surface area (Å²) in [4.78, 5) is 2.19. The van der Waals surface area contributed by atoms with Crippen LogP contribution in [0.1, 0.15) is 6.92 Å². The zero-order valence-electron chi connectivity index (χ0n) is 8.70. The fourth-order valence-electron chi connectivity index (χ4n) is 1.08. The molecule has 0 aliphatic heterocycles. The summed E-state index contributed by atoms with van der Waals surface area (Å²) in [5.41, 5.74) is 5.51. The van der Waals surface area contributed by atoms with E-state index in [0.29, 0.717) is 19.1 Å². The molecule has 0 radical (unpaired) electrons. The van der Waals surface area contributed by atoms with Crippen molar-refractivity contribution in [2.75, 3.05) is 46.5 Å². The van der Waals surface area contributed by atoms with Crippen molar-refractivity contribution in [3.63, 3.8) is 0 Å². The average Bonchev–Trinajstić information content (AvgIpc) is 2.12. The third-order valence-corrected chi connectivity index (χ3v) is 1.88. The number of aliphatic hydroxyl groups excluding tert-OH is 1. The van der Waals surface area contributed by atoms with Crippen molar-refractivity contribution in [3.05, 3.63) is 0 Å². The Hall–Kier alpha value is -0.160. The smallest absolute Gasteiger partial charge is 0.0698 e. The van der Waals surface area contributed by atoms with Crippen LogP contribution in [0.2, 0.25) is 0 Å². The van der Waals surface area contributed by atoms with Crippen LogP contribution in [0, 0.1) is 5.92 Å². The van der Waals surface area contributed by atoms with E-state index in [1.807, 2.05) is 0 Å². The summed E-state index contributed by atoms with van der Waals surface area (Å²) < 4.78 is 5.15. The fraction of sp³-hybridized carbons (Fsp3) is 1.00. The van der Waals surface area contributed by atoms with E-state index in [9.17, 15) is 0 Å². The van der Waals surface area contributed by atoms with Crippen LogP contribution < -0.4 is 5.73 Å². The quantitative estimate of drug-likeness (QED) is 0.508. The normalized spacial score (nSPS) is 13.6. The Bertz CT molecular complexity index is 112. The van der Waals surface area contributed by atoms with Gasteiger partial charge in [-0.1, -0.05) is 6.92 Å². The topological polar surface area (TPSA) is 58.7 Å². The van der Waals surface area contributed by atoms with E-state index in [1.54, 1.807) is 0 Å². The van der Waals surface area contributed by atoms with Crippen LogP contribution in [0.3, 0.4) is 0 Å². The van der Waals surface area contributed by atoms with Crippen molar-refractivity contribution < 1.29 is 9.84 Å². The zero-order valence-corrected chi connectivity index (χ0v) is 8.70. The molecule has 0 aliphatic carbocycles. The van der Waals surface area contributed by atoms with Gasteiger partial charge in [-0.2, -0.15) is 0 Å². The Balaban J connectivity index is 3.24. The average molecular weight is 190 g/mol. The number of likely N-dealkylation sites (N-methyl/N-ethyl adjacent to an activating group) is 1. The molecule has 0 aromatic heterocycles. The molecule has 0 saturated carbocycles. The van der Waals surface area contributed by atoms with E-state index < -0.39 is 0 Å². The summed E-state index contributed by atoms with van der Waals surface area (Å²) in [5.74, 6) is 0.530. The minimum Gasteiger partial charge on any atom is -0.394 e. The number of hydrogen-bond donors (Lipinski definition) is 2. The highest BCUT2D eigenvalue weighted by molar-refractivity contribution is 4.58. The number of hydrogen-bond acceptors (Lipinski definition) is 4. The minimum absolute atomic E-state index is 0.100. The molecule has 0 spiro atoms. The van der Waals surface area contributed by atoms with Crippen molar-refractivity contribution >= 4 is 0 Å². The Morgan fingerprint density at radius 1 is 1.46 bits per heavy atom. The highest BCUT2D eigenvalue weighted by atomic mass is 16.5. The van der Waals surface area contributed by atoms with Crippen molar-refractivity contribution in [1.29, 1.82) is 0 Å². The van der Waals surface area contributed by atoms with Gasteiger partial charge in [0.1, 0.15) is 0 Å². The lowest BCUT2D eigenvalue weighted by molar-refractivity contribution is 0.0764. The molecule has 0 fully saturated rings. The summed E-state index contributed by atoms with van der Waals surface area (Å²) in [6, 6.07) is 0.